The molecule has 90 valence electrons. The van der Waals surface area contributed by atoms with Crippen molar-refractivity contribution in [2.75, 3.05) is 18.9 Å². The lowest BCUT2D eigenvalue weighted by molar-refractivity contribution is -0.142. The van der Waals surface area contributed by atoms with Crippen LogP contribution < -0.4 is 5.73 Å². The monoisotopic (exact) mass is 232 g/mol. The molecule has 2 N–H and O–H groups in total. The second-order valence-electron chi connectivity index (χ2n) is 4.68. The van der Waals surface area contributed by atoms with Crippen LogP contribution in [0.4, 0.5) is 5.69 Å². The summed E-state index contributed by atoms with van der Waals surface area (Å²) in [5.74, 6) is -0.0806. The van der Waals surface area contributed by atoms with Gasteiger partial charge < -0.3 is 10.5 Å². The van der Waals surface area contributed by atoms with Gasteiger partial charge in [0.25, 0.3) is 0 Å². The van der Waals surface area contributed by atoms with Crippen molar-refractivity contribution in [1.82, 2.24) is 4.90 Å². The first-order chi connectivity index (χ1) is 8.25. The Morgan fingerprint density at radius 2 is 2.29 bits per heavy atom. The number of nitrogens with zero attached hydrogens (tertiary/aromatic N) is 1. The van der Waals surface area contributed by atoms with Crippen molar-refractivity contribution in [3.05, 3.63) is 29.3 Å². The zero-order valence-corrected chi connectivity index (χ0v) is 9.69. The Bertz CT molecular complexity index is 459. The molecule has 0 saturated carbocycles. The number of carbonyl (C=O) groups is 1. The van der Waals surface area contributed by atoms with E-state index in [1.165, 1.54) is 11.1 Å². The molecule has 1 aromatic rings. The van der Waals surface area contributed by atoms with Crippen molar-refractivity contribution in [2.45, 2.75) is 25.4 Å². The summed E-state index contributed by atoms with van der Waals surface area (Å²) in [5, 5.41) is 0. The van der Waals surface area contributed by atoms with Gasteiger partial charge in [-0.1, -0.05) is 12.1 Å². The fourth-order valence-electron chi connectivity index (χ4n) is 2.71. The number of nitrogens with two attached hydrogens (primary N) is 1. The molecule has 4 nitrogen and oxygen atoms in total. The fraction of sp³-hybridized carbons (Fsp3) is 0.462. The highest BCUT2D eigenvalue weighted by atomic mass is 16.5. The van der Waals surface area contributed by atoms with Gasteiger partial charge in [0.15, 0.2) is 0 Å². The normalized spacial score (nSPS) is 24.5. The van der Waals surface area contributed by atoms with E-state index in [0.717, 1.165) is 31.6 Å². The van der Waals surface area contributed by atoms with Gasteiger partial charge in [-0.15, -0.1) is 0 Å². The van der Waals surface area contributed by atoms with Gasteiger partial charge in [-0.2, -0.15) is 0 Å². The topological polar surface area (TPSA) is 55.6 Å². The van der Waals surface area contributed by atoms with Gasteiger partial charge in [0.2, 0.25) is 0 Å². The van der Waals surface area contributed by atoms with E-state index in [-0.39, 0.29) is 12.0 Å². The summed E-state index contributed by atoms with van der Waals surface area (Å²) in [4.78, 5) is 13.8. The summed E-state index contributed by atoms with van der Waals surface area (Å²) >= 11 is 0. The third-order valence-electron chi connectivity index (χ3n) is 3.69. The molecule has 0 aliphatic carbocycles. The molecular formula is C13H16N2O2. The standard InChI is InChI=1S/C13H16N2O2/c14-11-3-1-2-9-4-6-15(8-10(9)11)12-5-7-17-13(12)16/h1-3,12H,4-8,14H2. The van der Waals surface area contributed by atoms with Gasteiger partial charge in [0.05, 0.1) is 6.61 Å². The van der Waals surface area contributed by atoms with E-state index in [1.807, 2.05) is 12.1 Å². The molecule has 1 saturated heterocycles. The Hall–Kier alpha value is -1.55. The predicted molar refractivity (Wildman–Crippen MR) is 64.3 cm³/mol. The molecule has 2 heterocycles. The largest absolute Gasteiger partial charge is 0.464 e. The Kier molecular flexibility index (Phi) is 2.52. The minimum absolute atomic E-state index is 0.0669. The Morgan fingerprint density at radius 1 is 1.41 bits per heavy atom. The molecule has 0 amide bonds. The van der Waals surface area contributed by atoms with Crippen LogP contribution in [0.25, 0.3) is 0 Å². The molecule has 1 unspecified atom stereocenters. The molecule has 0 aromatic heterocycles. The first kappa shape index (κ1) is 10.6. The lowest BCUT2D eigenvalue weighted by Gasteiger charge is -2.32. The first-order valence-corrected chi connectivity index (χ1v) is 6.02. The summed E-state index contributed by atoms with van der Waals surface area (Å²) in [6.45, 7) is 2.23. The minimum Gasteiger partial charge on any atom is -0.464 e. The van der Waals surface area contributed by atoms with Crippen molar-refractivity contribution in [3.8, 4) is 0 Å². The van der Waals surface area contributed by atoms with Crippen LogP contribution in [0, 0.1) is 0 Å². The second kappa shape index (κ2) is 4.04. The highest BCUT2D eigenvalue weighted by molar-refractivity contribution is 5.77. The van der Waals surface area contributed by atoms with Crippen molar-refractivity contribution >= 4 is 11.7 Å². The zero-order chi connectivity index (χ0) is 11.8. The number of nitrogen functional groups attached to an aromatic ring is 1. The number of fused-ring (bicyclic) bond motifs is 1. The number of anilines is 1. The molecule has 0 spiro atoms. The van der Waals surface area contributed by atoms with E-state index < -0.39 is 0 Å². The number of esters is 1. The number of rotatable bonds is 1. The van der Waals surface area contributed by atoms with Crippen molar-refractivity contribution < 1.29 is 9.53 Å². The summed E-state index contributed by atoms with van der Waals surface area (Å²) < 4.78 is 5.03. The van der Waals surface area contributed by atoms with Crippen LogP contribution in [0.15, 0.2) is 18.2 Å². The van der Waals surface area contributed by atoms with Crippen LogP contribution in [0.3, 0.4) is 0 Å². The Morgan fingerprint density at radius 3 is 3.06 bits per heavy atom. The summed E-state index contributed by atoms with van der Waals surface area (Å²) in [6.07, 6.45) is 1.77. The van der Waals surface area contributed by atoms with Crippen LogP contribution in [0.2, 0.25) is 0 Å². The minimum atomic E-state index is -0.0806. The van der Waals surface area contributed by atoms with Crippen molar-refractivity contribution in [2.24, 2.45) is 0 Å². The van der Waals surface area contributed by atoms with Crippen molar-refractivity contribution in [1.29, 1.82) is 0 Å². The average Bonchev–Trinajstić information content (AvgIpc) is 2.76. The average molecular weight is 232 g/mol. The number of cyclic esters (lactones) is 1. The molecular weight excluding hydrogens is 216 g/mol. The quantitative estimate of drug-likeness (QED) is 0.578. The molecule has 2 aliphatic rings. The van der Waals surface area contributed by atoms with Crippen LogP contribution in [-0.4, -0.2) is 30.1 Å². The van der Waals surface area contributed by atoms with E-state index in [4.69, 9.17) is 10.5 Å². The molecule has 3 rings (SSSR count). The first-order valence-electron chi connectivity index (χ1n) is 6.02. The third-order valence-corrected chi connectivity index (χ3v) is 3.69. The number of benzene rings is 1. The molecule has 0 bridgehead atoms. The maximum Gasteiger partial charge on any atom is 0.323 e. The van der Waals surface area contributed by atoms with Gasteiger partial charge in [-0.25, -0.2) is 0 Å². The summed E-state index contributed by atoms with van der Waals surface area (Å²) in [7, 11) is 0. The second-order valence-corrected chi connectivity index (χ2v) is 4.68. The predicted octanol–water partition coefficient (Wildman–Crippen LogP) is 0.942. The number of carbonyl (C=O) groups excluding carboxylic acids is 1. The van der Waals surface area contributed by atoms with Crippen LogP contribution >= 0.6 is 0 Å². The summed E-state index contributed by atoms with van der Waals surface area (Å²) in [5.41, 5.74) is 9.32. The number of hydrogen-bond donors (Lipinski definition) is 1. The van der Waals surface area contributed by atoms with Crippen LogP contribution in [-0.2, 0) is 22.5 Å². The number of hydrogen-bond acceptors (Lipinski definition) is 4. The van der Waals surface area contributed by atoms with E-state index >= 15 is 0 Å². The molecule has 1 aromatic carbocycles. The molecule has 1 atom stereocenters. The van der Waals surface area contributed by atoms with Gasteiger partial charge in [-0.3, -0.25) is 9.69 Å². The fourth-order valence-corrected chi connectivity index (χ4v) is 2.71. The van der Waals surface area contributed by atoms with E-state index in [0.29, 0.717) is 6.61 Å². The molecule has 0 radical (unpaired) electrons. The molecule has 1 fully saturated rings. The maximum atomic E-state index is 11.6. The SMILES string of the molecule is Nc1cccc2c1CN(C1CCOC1=O)CC2. The molecule has 2 aliphatic heterocycles. The number of ether oxygens (including phenoxy) is 1. The molecule has 17 heavy (non-hydrogen) atoms. The van der Waals surface area contributed by atoms with E-state index in [9.17, 15) is 4.79 Å². The van der Waals surface area contributed by atoms with Crippen LogP contribution in [0.5, 0.6) is 0 Å². The van der Waals surface area contributed by atoms with Gasteiger partial charge in [-0.05, 0) is 23.6 Å². The Balaban J connectivity index is 1.85. The Labute approximate surface area is 100 Å². The van der Waals surface area contributed by atoms with Gasteiger partial charge in [0, 0.05) is 25.2 Å². The van der Waals surface area contributed by atoms with E-state index in [1.54, 1.807) is 0 Å². The maximum absolute atomic E-state index is 11.6. The van der Waals surface area contributed by atoms with Crippen molar-refractivity contribution in [3.63, 3.8) is 0 Å². The van der Waals surface area contributed by atoms with E-state index in [2.05, 4.69) is 11.0 Å². The van der Waals surface area contributed by atoms with Crippen LogP contribution in [0.1, 0.15) is 17.5 Å². The highest BCUT2D eigenvalue weighted by Gasteiger charge is 2.34. The summed E-state index contributed by atoms with van der Waals surface area (Å²) in [6, 6.07) is 5.97. The zero-order valence-electron chi connectivity index (χ0n) is 9.69. The third kappa shape index (κ3) is 1.78. The molecule has 4 heteroatoms. The smallest absolute Gasteiger partial charge is 0.323 e. The lowest BCUT2D eigenvalue weighted by Crippen LogP contribution is -2.42. The lowest BCUT2D eigenvalue weighted by atomic mass is 9.97. The van der Waals surface area contributed by atoms with Gasteiger partial charge in [0.1, 0.15) is 6.04 Å². The van der Waals surface area contributed by atoms with Gasteiger partial charge >= 0.3 is 5.97 Å². The highest BCUT2D eigenvalue weighted by Crippen LogP contribution is 2.27.